The number of benzene rings is 2. The highest BCUT2D eigenvalue weighted by Gasteiger charge is 2.45. The van der Waals surface area contributed by atoms with Crippen molar-refractivity contribution in [3.63, 3.8) is 0 Å². The molecule has 0 radical (unpaired) electrons. The van der Waals surface area contributed by atoms with Crippen LogP contribution in [0.25, 0.3) is 56.1 Å². The summed E-state index contributed by atoms with van der Waals surface area (Å²) < 4.78 is 54.2. The molecule has 4 aliphatic heterocycles. The number of nitrogens with two attached hydrogens (primary N) is 3. The molecule has 0 aliphatic carbocycles. The Bertz CT molecular complexity index is 3550. The molecule has 2 aromatic carbocycles. The Morgan fingerprint density at radius 2 is 0.986 bits per heavy atom. The van der Waals surface area contributed by atoms with Crippen molar-refractivity contribution in [3.8, 4) is 44.8 Å². The van der Waals surface area contributed by atoms with Crippen molar-refractivity contribution in [2.24, 2.45) is 5.73 Å². The SMILES string of the molecule is CS(=O)(=O)c1c(C2C[C@H]3CC[C@@H](C2)N3)nc2c(-c3ccc(-c4ccccc4)nc3)cnn2c1N.CS(=O)(=O)c1c(C2C[C@H]3CC[C@@H](C2)N3C(N)=O)nc2c(-c3ccc(-c4ccccc4)nc3)cnn2c1N. The first-order valence-corrected chi connectivity index (χ1v) is 27.5. The molecule has 6 atom stereocenters. The zero-order valence-corrected chi connectivity index (χ0v) is 40.8. The number of pyridine rings is 2. The summed E-state index contributed by atoms with van der Waals surface area (Å²) in [5.74, 6) is 0.0179. The number of carbonyl (C=O) groups excluding carboxylic acids is 1. The summed E-state index contributed by atoms with van der Waals surface area (Å²) in [7, 11) is -7.30. The first-order valence-electron chi connectivity index (χ1n) is 23.7. The topological polar surface area (TPSA) is 265 Å². The summed E-state index contributed by atoms with van der Waals surface area (Å²) in [5, 5.41) is 12.4. The number of primary amides is 1. The van der Waals surface area contributed by atoms with Gasteiger partial charge in [0.05, 0.1) is 35.2 Å². The zero-order chi connectivity index (χ0) is 49.3. The molecule has 4 saturated heterocycles. The Morgan fingerprint density at radius 3 is 1.37 bits per heavy atom. The lowest BCUT2D eigenvalue weighted by molar-refractivity contribution is 0.144. The van der Waals surface area contributed by atoms with Crippen LogP contribution in [-0.4, -0.2) is 104 Å². The summed E-state index contributed by atoms with van der Waals surface area (Å²) in [6.45, 7) is 0. The Kier molecular flexibility index (Phi) is 11.6. The van der Waals surface area contributed by atoms with Crippen molar-refractivity contribution >= 4 is 48.6 Å². The van der Waals surface area contributed by atoms with Crippen LogP contribution in [0.15, 0.2) is 120 Å². The molecule has 2 amide bonds. The van der Waals surface area contributed by atoms with E-state index >= 15 is 0 Å². The van der Waals surface area contributed by atoms with E-state index < -0.39 is 25.7 Å². The monoisotopic (exact) mass is 991 g/mol. The van der Waals surface area contributed by atoms with Crippen LogP contribution in [-0.2, 0) is 19.7 Å². The lowest BCUT2D eigenvalue weighted by Crippen LogP contribution is -2.48. The highest BCUT2D eigenvalue weighted by molar-refractivity contribution is 7.91. The van der Waals surface area contributed by atoms with Gasteiger partial charge in [-0.05, 0) is 63.5 Å². The van der Waals surface area contributed by atoms with Gasteiger partial charge >= 0.3 is 6.03 Å². The number of nitrogens with zero attached hydrogens (tertiary/aromatic N) is 9. The first-order chi connectivity index (χ1) is 34.1. The zero-order valence-electron chi connectivity index (χ0n) is 39.1. The molecule has 4 aliphatic rings. The fraction of sp³-hybridized carbons (Fsp3) is 0.314. The summed E-state index contributed by atoms with van der Waals surface area (Å²) >= 11 is 0. The van der Waals surface area contributed by atoms with E-state index in [0.717, 1.165) is 84.0 Å². The number of hydrogen-bond donors (Lipinski definition) is 4. The fourth-order valence-corrected chi connectivity index (χ4v) is 13.6. The highest BCUT2D eigenvalue weighted by Crippen LogP contribution is 2.46. The number of carbonyl (C=O) groups is 1. The normalized spacial score (nSPS) is 21.9. The van der Waals surface area contributed by atoms with E-state index in [9.17, 15) is 21.6 Å². The molecule has 4 fully saturated rings. The van der Waals surface area contributed by atoms with Gasteiger partial charge in [0.25, 0.3) is 0 Å². The number of urea groups is 1. The van der Waals surface area contributed by atoms with Crippen LogP contribution in [0.5, 0.6) is 0 Å². The van der Waals surface area contributed by atoms with E-state index in [1.165, 1.54) is 15.3 Å². The lowest BCUT2D eigenvalue weighted by Gasteiger charge is -2.38. The third kappa shape index (κ3) is 8.52. The van der Waals surface area contributed by atoms with Crippen molar-refractivity contribution in [2.75, 3.05) is 24.0 Å². The third-order valence-electron chi connectivity index (χ3n) is 14.6. The van der Waals surface area contributed by atoms with Crippen LogP contribution in [0.3, 0.4) is 0 Å². The Balaban J connectivity index is 0.000000155. The molecule has 0 spiro atoms. The van der Waals surface area contributed by atoms with E-state index in [2.05, 4.69) is 25.5 Å². The molecule has 0 saturated carbocycles. The summed E-state index contributed by atoms with van der Waals surface area (Å²) in [5.41, 5.74) is 27.4. The molecule has 7 N–H and O–H groups in total. The van der Waals surface area contributed by atoms with Gasteiger partial charge in [-0.2, -0.15) is 19.2 Å². The number of nitrogen functional groups attached to an aromatic ring is 2. The molecule has 6 aromatic heterocycles. The Labute approximate surface area is 410 Å². The van der Waals surface area contributed by atoms with E-state index in [4.69, 9.17) is 27.2 Å². The highest BCUT2D eigenvalue weighted by atomic mass is 32.2. The second-order valence-corrected chi connectivity index (χ2v) is 23.2. The first kappa shape index (κ1) is 46.1. The standard InChI is InChI=1S/C26H27N7O3S.C25H26N6O2S/c1-37(35,36)23-22(17-11-18-8-9-19(12-17)32(18)26(28)34)31-25-20(14-30-33(25)24(23)27)16-7-10-21(29-13-16)15-5-3-2-4-6-15;1-34(32,33)23-22(17-11-18-8-9-19(12-17)29-18)30-25-20(14-28-31(25)24(23)26)16-7-10-21(27-13-16)15-5-3-2-4-6-15/h2-7,10,13-14,17-19H,8-9,11-12,27H2,1H3,(H2,28,34);2-7,10,13-14,17-19,29H,8-9,11-12,26H2,1H3/t2*17?,18-,19+. The van der Waals surface area contributed by atoms with E-state index in [1.807, 2.05) is 84.9 Å². The molecule has 2 unspecified atom stereocenters. The predicted octanol–water partition coefficient (Wildman–Crippen LogP) is 6.68. The van der Waals surface area contributed by atoms with Crippen LogP contribution < -0.4 is 22.5 Å². The van der Waals surface area contributed by atoms with Crippen LogP contribution in [0.1, 0.15) is 74.6 Å². The van der Waals surface area contributed by atoms with Gasteiger partial charge in [-0.3, -0.25) is 9.97 Å². The quantitative estimate of drug-likeness (QED) is 0.124. The molecule has 8 aromatic rings. The van der Waals surface area contributed by atoms with Gasteiger partial charge in [0.2, 0.25) is 0 Å². The van der Waals surface area contributed by atoms with Crippen LogP contribution in [0.4, 0.5) is 16.4 Å². The molecule has 10 heterocycles. The van der Waals surface area contributed by atoms with Gasteiger partial charge < -0.3 is 27.4 Å². The van der Waals surface area contributed by atoms with Gasteiger partial charge in [0.15, 0.2) is 31.0 Å². The minimum absolute atomic E-state index is 0.00382. The van der Waals surface area contributed by atoms with E-state index in [1.54, 1.807) is 29.7 Å². The molecule has 20 heteroatoms. The molecule has 12 rings (SSSR count). The summed E-state index contributed by atoms with van der Waals surface area (Å²) in [6, 6.07) is 28.0. The van der Waals surface area contributed by atoms with Gasteiger partial charge in [0.1, 0.15) is 21.4 Å². The molecule has 71 heavy (non-hydrogen) atoms. The van der Waals surface area contributed by atoms with Crippen molar-refractivity contribution in [2.45, 2.75) is 97.2 Å². The fourth-order valence-electron chi connectivity index (χ4n) is 11.5. The Morgan fingerprint density at radius 1 is 0.563 bits per heavy atom. The lowest BCUT2D eigenvalue weighted by atomic mass is 9.88. The van der Waals surface area contributed by atoms with Crippen molar-refractivity contribution in [3.05, 3.63) is 121 Å². The number of fused-ring (bicyclic) bond motifs is 6. The van der Waals surface area contributed by atoms with Crippen molar-refractivity contribution < 1.29 is 21.6 Å². The molecule has 4 bridgehead atoms. The number of rotatable bonds is 8. The maximum Gasteiger partial charge on any atom is 0.315 e. The average Bonchev–Trinajstić information content (AvgIpc) is 4.14. The summed E-state index contributed by atoms with van der Waals surface area (Å²) in [6.07, 6.45) is 16.0. The van der Waals surface area contributed by atoms with Crippen molar-refractivity contribution in [1.82, 2.24) is 49.4 Å². The van der Waals surface area contributed by atoms with E-state index in [-0.39, 0.29) is 45.3 Å². The molecular weight excluding hydrogens is 939 g/mol. The number of amides is 2. The average molecular weight is 992 g/mol. The minimum Gasteiger partial charge on any atom is -0.382 e. The van der Waals surface area contributed by atoms with Crippen LogP contribution >= 0.6 is 0 Å². The maximum atomic E-state index is 12.9. The van der Waals surface area contributed by atoms with Gasteiger partial charge in [-0.15, -0.1) is 0 Å². The smallest absolute Gasteiger partial charge is 0.315 e. The molecule has 18 nitrogen and oxygen atoms in total. The number of hydrogen-bond acceptors (Lipinski definition) is 14. The number of nitrogens with one attached hydrogen (secondary N) is 1. The van der Waals surface area contributed by atoms with Crippen LogP contribution in [0, 0.1) is 0 Å². The summed E-state index contributed by atoms with van der Waals surface area (Å²) in [4.78, 5) is 32.9. The largest absolute Gasteiger partial charge is 0.382 e. The maximum absolute atomic E-state index is 12.9. The van der Waals surface area contributed by atoms with Crippen molar-refractivity contribution in [1.29, 1.82) is 0 Å². The molecular formula is C51H53N13O5S2. The van der Waals surface area contributed by atoms with E-state index in [0.29, 0.717) is 53.2 Å². The van der Waals surface area contributed by atoms with Gasteiger partial charge in [-0.1, -0.05) is 72.8 Å². The number of aromatic nitrogens is 8. The number of anilines is 2. The second kappa shape index (κ2) is 17.8. The number of piperidine rings is 2. The van der Waals surface area contributed by atoms with Gasteiger partial charge in [0, 0.05) is 94.3 Å². The van der Waals surface area contributed by atoms with Gasteiger partial charge in [-0.25, -0.2) is 31.6 Å². The Hall–Kier alpha value is -7.29. The third-order valence-corrected chi connectivity index (χ3v) is 16.9. The minimum atomic E-state index is -3.71. The molecule has 364 valence electrons. The number of sulfone groups is 2. The predicted molar refractivity (Wildman–Crippen MR) is 270 cm³/mol. The van der Waals surface area contributed by atoms with Crippen LogP contribution in [0.2, 0.25) is 0 Å². The second-order valence-electron chi connectivity index (χ2n) is 19.3.